The number of carbonyl (C=O) groups excluding carboxylic acids is 1. The Kier molecular flexibility index (Phi) is 7.68. The molecule has 0 fully saturated rings. The second-order valence-corrected chi connectivity index (χ2v) is 5.69. The molecule has 21 heavy (non-hydrogen) atoms. The van der Waals surface area contributed by atoms with Crippen molar-refractivity contribution in [2.24, 2.45) is 0 Å². The van der Waals surface area contributed by atoms with Gasteiger partial charge in [0.05, 0.1) is 7.11 Å². The number of amides is 1. The molecule has 1 unspecified atom stereocenters. The molecule has 0 spiro atoms. The second-order valence-electron chi connectivity index (χ2n) is 4.52. The Bertz CT molecular complexity index is 461. The first-order valence-corrected chi connectivity index (χ1v) is 7.84. The molecule has 0 aliphatic heterocycles. The van der Waals surface area contributed by atoms with E-state index in [1.165, 1.54) is 0 Å². The van der Waals surface area contributed by atoms with Gasteiger partial charge in [0.2, 0.25) is 5.91 Å². The van der Waals surface area contributed by atoms with Crippen LogP contribution in [0, 0.1) is 0 Å². The Morgan fingerprint density at radius 2 is 2.00 bits per heavy atom. The molecule has 2 N–H and O–H groups in total. The summed E-state index contributed by atoms with van der Waals surface area (Å²) in [5.74, 6) is 0.196. The summed E-state index contributed by atoms with van der Waals surface area (Å²) in [7, 11) is 1.61. The van der Waals surface area contributed by atoms with E-state index in [4.69, 9.17) is 9.84 Å². The van der Waals surface area contributed by atoms with Crippen LogP contribution >= 0.6 is 11.8 Å². The maximum Gasteiger partial charge on any atom is 0.326 e. The lowest BCUT2D eigenvalue weighted by molar-refractivity contribution is -0.142. The van der Waals surface area contributed by atoms with Crippen molar-refractivity contribution >= 4 is 23.6 Å². The lowest BCUT2D eigenvalue weighted by atomic mass is 10.1. The Morgan fingerprint density at radius 3 is 2.52 bits per heavy atom. The molecule has 0 heterocycles. The Morgan fingerprint density at radius 1 is 1.33 bits per heavy atom. The van der Waals surface area contributed by atoms with Crippen LogP contribution in [0.5, 0.6) is 5.75 Å². The molecule has 1 atom stereocenters. The normalized spacial score (nSPS) is 11.7. The zero-order chi connectivity index (χ0) is 15.7. The monoisotopic (exact) mass is 311 g/mol. The largest absolute Gasteiger partial charge is 0.497 e. The lowest BCUT2D eigenvalue weighted by Gasteiger charge is -2.13. The molecule has 116 valence electrons. The predicted molar refractivity (Wildman–Crippen MR) is 82.8 cm³/mol. The fourth-order valence-electron chi connectivity index (χ4n) is 1.75. The fraction of sp³-hybridized carbons (Fsp3) is 0.467. The summed E-state index contributed by atoms with van der Waals surface area (Å²) in [5.41, 5.74) is 0. The summed E-state index contributed by atoms with van der Waals surface area (Å²) in [6.45, 7) is 1.89. The first kappa shape index (κ1) is 17.4. The number of thioether (sulfide) groups is 1. The highest BCUT2D eigenvalue weighted by molar-refractivity contribution is 7.99. The molecule has 0 aromatic heterocycles. The summed E-state index contributed by atoms with van der Waals surface area (Å²) < 4.78 is 5.07. The van der Waals surface area contributed by atoms with Gasteiger partial charge in [-0.15, -0.1) is 11.8 Å². The maximum absolute atomic E-state index is 11.7. The molecule has 0 aliphatic rings. The Labute approximate surface area is 129 Å². The van der Waals surface area contributed by atoms with Crippen LogP contribution in [0.15, 0.2) is 29.2 Å². The quantitative estimate of drug-likeness (QED) is 0.685. The Balaban J connectivity index is 2.33. The van der Waals surface area contributed by atoms with E-state index in [2.05, 4.69) is 5.32 Å². The molecule has 6 heteroatoms. The summed E-state index contributed by atoms with van der Waals surface area (Å²) in [5, 5.41) is 11.5. The van der Waals surface area contributed by atoms with Gasteiger partial charge >= 0.3 is 5.97 Å². The third kappa shape index (κ3) is 6.53. The number of aliphatic carboxylic acids is 1. The lowest BCUT2D eigenvalue weighted by Crippen LogP contribution is -2.40. The van der Waals surface area contributed by atoms with Gasteiger partial charge in [0, 0.05) is 17.1 Å². The van der Waals surface area contributed by atoms with E-state index < -0.39 is 12.0 Å². The molecular weight excluding hydrogens is 290 g/mol. The molecule has 5 nitrogen and oxygen atoms in total. The van der Waals surface area contributed by atoms with Crippen LogP contribution in [-0.2, 0) is 9.59 Å². The zero-order valence-electron chi connectivity index (χ0n) is 12.3. The number of ether oxygens (including phenoxy) is 1. The summed E-state index contributed by atoms with van der Waals surface area (Å²) in [6, 6.07) is 6.80. The maximum atomic E-state index is 11.7. The average Bonchev–Trinajstić information content (AvgIpc) is 2.47. The highest BCUT2D eigenvalue weighted by Gasteiger charge is 2.18. The van der Waals surface area contributed by atoms with Gasteiger partial charge in [-0.05, 0) is 30.7 Å². The van der Waals surface area contributed by atoms with E-state index in [9.17, 15) is 9.59 Å². The van der Waals surface area contributed by atoms with Crippen LogP contribution in [-0.4, -0.2) is 35.9 Å². The molecule has 0 radical (unpaired) electrons. The van der Waals surface area contributed by atoms with Crippen molar-refractivity contribution in [1.82, 2.24) is 5.32 Å². The zero-order valence-corrected chi connectivity index (χ0v) is 13.1. The van der Waals surface area contributed by atoms with Gasteiger partial charge in [0.25, 0.3) is 0 Å². The van der Waals surface area contributed by atoms with Gasteiger partial charge in [-0.1, -0.05) is 13.3 Å². The molecule has 1 aromatic rings. The highest BCUT2D eigenvalue weighted by Crippen LogP contribution is 2.21. The van der Waals surface area contributed by atoms with E-state index >= 15 is 0 Å². The summed E-state index contributed by atoms with van der Waals surface area (Å²) in [6.07, 6.45) is 1.47. The van der Waals surface area contributed by atoms with E-state index in [0.29, 0.717) is 18.6 Å². The number of carbonyl (C=O) groups is 2. The van der Waals surface area contributed by atoms with E-state index in [0.717, 1.165) is 17.1 Å². The van der Waals surface area contributed by atoms with Crippen LogP contribution in [0.1, 0.15) is 26.2 Å². The number of carboxylic acids is 1. The van der Waals surface area contributed by atoms with Crippen molar-refractivity contribution in [3.63, 3.8) is 0 Å². The summed E-state index contributed by atoms with van der Waals surface area (Å²) in [4.78, 5) is 23.7. The standard InChI is InChI=1S/C15H21NO4S/c1-3-4-13(15(18)19)16-14(17)9-10-21-12-7-5-11(20-2)6-8-12/h5-8,13H,3-4,9-10H2,1-2H3,(H,16,17)(H,18,19). The van der Waals surface area contributed by atoms with E-state index in [-0.39, 0.29) is 5.91 Å². The third-order valence-electron chi connectivity index (χ3n) is 2.87. The SMILES string of the molecule is CCCC(NC(=O)CCSc1ccc(OC)cc1)C(=O)O. The van der Waals surface area contributed by atoms with Crippen LogP contribution in [0.3, 0.4) is 0 Å². The molecule has 1 aromatic carbocycles. The highest BCUT2D eigenvalue weighted by atomic mass is 32.2. The van der Waals surface area contributed by atoms with Gasteiger partial charge < -0.3 is 15.2 Å². The minimum Gasteiger partial charge on any atom is -0.497 e. The Hall–Kier alpha value is -1.69. The van der Waals surface area contributed by atoms with Crippen LogP contribution in [0.25, 0.3) is 0 Å². The van der Waals surface area contributed by atoms with Gasteiger partial charge in [-0.2, -0.15) is 0 Å². The van der Waals surface area contributed by atoms with Gasteiger partial charge in [-0.3, -0.25) is 4.79 Å². The molecule has 0 bridgehead atoms. The van der Waals surface area contributed by atoms with Crippen molar-refractivity contribution in [2.75, 3.05) is 12.9 Å². The minimum atomic E-state index is -0.979. The van der Waals surface area contributed by atoms with Gasteiger partial charge in [0.15, 0.2) is 0 Å². The predicted octanol–water partition coefficient (Wildman–Crippen LogP) is 2.55. The van der Waals surface area contributed by atoms with Gasteiger partial charge in [-0.25, -0.2) is 4.79 Å². The van der Waals surface area contributed by atoms with Crippen LogP contribution in [0.2, 0.25) is 0 Å². The number of carboxylic acid groups (broad SMARTS) is 1. The smallest absolute Gasteiger partial charge is 0.326 e. The van der Waals surface area contributed by atoms with Crippen LogP contribution < -0.4 is 10.1 Å². The number of rotatable bonds is 9. The van der Waals surface area contributed by atoms with Crippen molar-refractivity contribution < 1.29 is 19.4 Å². The van der Waals surface area contributed by atoms with Crippen LogP contribution in [0.4, 0.5) is 0 Å². The fourth-order valence-corrected chi connectivity index (χ4v) is 2.60. The number of benzene rings is 1. The van der Waals surface area contributed by atoms with Crippen molar-refractivity contribution in [1.29, 1.82) is 0 Å². The first-order chi connectivity index (χ1) is 10.1. The number of methoxy groups -OCH3 is 1. The topological polar surface area (TPSA) is 75.6 Å². The van der Waals surface area contributed by atoms with E-state index in [1.54, 1.807) is 18.9 Å². The van der Waals surface area contributed by atoms with E-state index in [1.807, 2.05) is 31.2 Å². The van der Waals surface area contributed by atoms with Gasteiger partial charge in [0.1, 0.15) is 11.8 Å². The van der Waals surface area contributed by atoms with Crippen molar-refractivity contribution in [3.8, 4) is 5.75 Å². The third-order valence-corrected chi connectivity index (χ3v) is 3.88. The minimum absolute atomic E-state index is 0.225. The number of nitrogens with one attached hydrogen (secondary N) is 1. The molecule has 1 rings (SSSR count). The second kappa shape index (κ2) is 9.28. The molecular formula is C15H21NO4S. The van der Waals surface area contributed by atoms with Crippen molar-refractivity contribution in [2.45, 2.75) is 37.1 Å². The molecule has 1 amide bonds. The van der Waals surface area contributed by atoms with Crippen molar-refractivity contribution in [3.05, 3.63) is 24.3 Å². The first-order valence-electron chi connectivity index (χ1n) is 6.85. The summed E-state index contributed by atoms with van der Waals surface area (Å²) >= 11 is 1.55. The molecule has 0 aliphatic carbocycles. The average molecular weight is 311 g/mol. The molecule has 0 saturated heterocycles. The number of hydrogen-bond acceptors (Lipinski definition) is 4. The molecule has 0 saturated carbocycles. The number of hydrogen-bond donors (Lipinski definition) is 2.